The Labute approximate surface area is 243 Å². The van der Waals surface area contributed by atoms with Crippen molar-refractivity contribution >= 4 is 45.6 Å². The van der Waals surface area contributed by atoms with E-state index in [0.717, 1.165) is 58.6 Å². The quantitative estimate of drug-likeness (QED) is 0.100. The van der Waals surface area contributed by atoms with Crippen LogP contribution < -0.4 is 10.6 Å². The number of aliphatic carboxylic acids is 2. The minimum atomic E-state index is -1.06. The van der Waals surface area contributed by atoms with E-state index in [1.807, 2.05) is 48.5 Å². The van der Waals surface area contributed by atoms with E-state index in [4.69, 9.17) is 0 Å². The molecule has 2 heterocycles. The first-order valence-electron chi connectivity index (χ1n) is 14.5. The van der Waals surface area contributed by atoms with Crippen molar-refractivity contribution < 1.29 is 29.4 Å². The highest BCUT2D eigenvalue weighted by Crippen LogP contribution is 2.20. The van der Waals surface area contributed by atoms with Crippen molar-refractivity contribution in [3.63, 3.8) is 0 Å². The number of para-hydroxylation sites is 2. The van der Waals surface area contributed by atoms with Crippen LogP contribution in [-0.4, -0.2) is 56.0 Å². The Morgan fingerprint density at radius 3 is 1.38 bits per heavy atom. The second-order valence-electron chi connectivity index (χ2n) is 10.7. The molecule has 0 aliphatic carbocycles. The van der Waals surface area contributed by atoms with Gasteiger partial charge in [-0.3, -0.25) is 9.59 Å². The molecule has 6 N–H and O–H groups in total. The van der Waals surface area contributed by atoms with Gasteiger partial charge in [0.25, 0.3) is 0 Å². The lowest BCUT2D eigenvalue weighted by Crippen LogP contribution is -2.42. The summed E-state index contributed by atoms with van der Waals surface area (Å²) in [5, 5.41) is 26.4. The van der Waals surface area contributed by atoms with Crippen molar-refractivity contribution in [2.75, 3.05) is 0 Å². The van der Waals surface area contributed by atoms with E-state index in [9.17, 15) is 29.4 Å². The van der Waals surface area contributed by atoms with Crippen molar-refractivity contribution in [1.29, 1.82) is 0 Å². The summed E-state index contributed by atoms with van der Waals surface area (Å²) in [6, 6.07) is 13.3. The molecule has 4 aromatic rings. The molecular weight excluding hydrogens is 536 g/mol. The first-order chi connectivity index (χ1) is 20.3. The summed E-state index contributed by atoms with van der Waals surface area (Å²) in [5.41, 5.74) is 3.54. The van der Waals surface area contributed by atoms with Gasteiger partial charge < -0.3 is 30.8 Å². The number of carboxylic acid groups (broad SMARTS) is 2. The number of hydrogen-bond acceptors (Lipinski definition) is 4. The second-order valence-corrected chi connectivity index (χ2v) is 10.7. The highest BCUT2D eigenvalue weighted by molar-refractivity contribution is 5.88. The van der Waals surface area contributed by atoms with Gasteiger partial charge in [-0.25, -0.2) is 9.59 Å². The van der Waals surface area contributed by atoms with Crippen LogP contribution in [0.15, 0.2) is 60.9 Å². The molecule has 4 rings (SSSR count). The number of unbranched alkanes of at least 4 members (excludes halogenated alkanes) is 5. The summed E-state index contributed by atoms with van der Waals surface area (Å²) in [6.45, 7) is 0. The van der Waals surface area contributed by atoms with Gasteiger partial charge >= 0.3 is 11.9 Å². The molecule has 0 radical (unpaired) electrons. The SMILES string of the molecule is O=C(CCCCCCCCC(=O)NC(Cc1c[nH]c2ccccc12)C(=O)O)NC(Cc1c[nH]c2ccccc12)C(=O)O. The fraction of sp³-hybridized carbons (Fsp3) is 0.375. The fourth-order valence-corrected chi connectivity index (χ4v) is 5.25. The number of carboxylic acids is 2. The zero-order valence-corrected chi connectivity index (χ0v) is 23.5. The van der Waals surface area contributed by atoms with Crippen LogP contribution in [0.3, 0.4) is 0 Å². The first-order valence-corrected chi connectivity index (χ1v) is 14.5. The maximum atomic E-state index is 12.4. The van der Waals surface area contributed by atoms with Crippen LogP contribution in [0.2, 0.25) is 0 Å². The van der Waals surface area contributed by atoms with E-state index >= 15 is 0 Å². The zero-order valence-electron chi connectivity index (χ0n) is 23.5. The van der Waals surface area contributed by atoms with Crippen LogP contribution in [0.4, 0.5) is 0 Å². The molecule has 10 nitrogen and oxygen atoms in total. The Morgan fingerprint density at radius 2 is 0.976 bits per heavy atom. The Morgan fingerprint density at radius 1 is 0.595 bits per heavy atom. The molecule has 222 valence electrons. The topological polar surface area (TPSA) is 164 Å². The Hall–Kier alpha value is -4.60. The van der Waals surface area contributed by atoms with Crippen LogP contribution in [-0.2, 0) is 32.0 Å². The number of amides is 2. The average Bonchev–Trinajstić information content (AvgIpc) is 3.57. The predicted molar refractivity (Wildman–Crippen MR) is 160 cm³/mol. The van der Waals surface area contributed by atoms with Gasteiger partial charge in [0.15, 0.2) is 0 Å². The predicted octanol–water partition coefficient (Wildman–Crippen LogP) is 4.69. The molecular formula is C32H38N4O6. The van der Waals surface area contributed by atoms with Crippen molar-refractivity contribution in [2.45, 2.75) is 76.3 Å². The standard InChI is InChI=1S/C32H38N4O6/c37-29(35-27(31(39)40)17-21-19-33-25-13-9-7-11-23(21)25)15-5-3-1-2-4-6-16-30(38)36-28(32(41)42)18-22-20-34-26-14-10-8-12-24(22)26/h7-14,19-20,27-28,33-34H,1-6,15-18H2,(H,35,37)(H,36,38)(H,39,40)(H,41,42). The van der Waals surface area contributed by atoms with Gasteiger partial charge in [-0.1, -0.05) is 62.1 Å². The average molecular weight is 575 g/mol. The summed E-state index contributed by atoms with van der Waals surface area (Å²) in [7, 11) is 0. The fourth-order valence-electron chi connectivity index (χ4n) is 5.25. The lowest BCUT2D eigenvalue weighted by atomic mass is 10.0. The van der Waals surface area contributed by atoms with Crippen LogP contribution in [0.1, 0.15) is 62.5 Å². The number of hydrogen-bond donors (Lipinski definition) is 6. The van der Waals surface area contributed by atoms with Crippen LogP contribution in [0.25, 0.3) is 21.8 Å². The zero-order chi connectivity index (χ0) is 29.9. The van der Waals surface area contributed by atoms with Crippen LogP contribution in [0, 0.1) is 0 Å². The summed E-state index contributed by atoms with van der Waals surface area (Å²) < 4.78 is 0. The third kappa shape index (κ3) is 8.45. The number of carbonyl (C=O) groups excluding carboxylic acids is 2. The maximum Gasteiger partial charge on any atom is 0.326 e. The molecule has 0 fully saturated rings. The minimum Gasteiger partial charge on any atom is -0.480 e. The van der Waals surface area contributed by atoms with E-state index < -0.39 is 24.0 Å². The van der Waals surface area contributed by atoms with E-state index in [1.54, 1.807) is 12.4 Å². The van der Waals surface area contributed by atoms with Crippen LogP contribution in [0.5, 0.6) is 0 Å². The van der Waals surface area contributed by atoms with Crippen LogP contribution >= 0.6 is 0 Å². The number of fused-ring (bicyclic) bond motifs is 2. The highest BCUT2D eigenvalue weighted by atomic mass is 16.4. The first kappa shape index (κ1) is 30.4. The Bertz CT molecular complexity index is 1410. The summed E-state index contributed by atoms with van der Waals surface area (Å²) >= 11 is 0. The number of aromatic amines is 2. The summed E-state index contributed by atoms with van der Waals surface area (Å²) in [6.07, 6.45) is 9.23. The molecule has 0 aliphatic rings. The lowest BCUT2D eigenvalue weighted by molar-refractivity contribution is -0.142. The Kier molecular flexibility index (Phi) is 10.7. The third-order valence-corrected chi connectivity index (χ3v) is 7.52. The largest absolute Gasteiger partial charge is 0.480 e. The van der Waals surface area contributed by atoms with E-state index in [-0.39, 0.29) is 37.5 Å². The molecule has 42 heavy (non-hydrogen) atoms. The summed E-state index contributed by atoms with van der Waals surface area (Å²) in [5.74, 6) is -2.69. The number of rotatable bonds is 17. The Balaban J connectivity index is 1.08. The van der Waals surface area contributed by atoms with Gasteiger partial charge in [-0.05, 0) is 36.1 Å². The number of carbonyl (C=O) groups is 4. The lowest BCUT2D eigenvalue weighted by Gasteiger charge is -2.14. The van der Waals surface area contributed by atoms with Crippen molar-refractivity contribution in [3.05, 3.63) is 72.1 Å². The molecule has 2 amide bonds. The van der Waals surface area contributed by atoms with Crippen molar-refractivity contribution in [2.24, 2.45) is 0 Å². The molecule has 0 aliphatic heterocycles. The van der Waals surface area contributed by atoms with Gasteiger partial charge in [0.1, 0.15) is 12.1 Å². The van der Waals surface area contributed by atoms with Gasteiger partial charge in [0, 0.05) is 59.9 Å². The number of nitrogens with one attached hydrogen (secondary N) is 4. The number of benzene rings is 2. The van der Waals surface area contributed by atoms with Gasteiger partial charge in [-0.15, -0.1) is 0 Å². The molecule has 2 atom stereocenters. The highest BCUT2D eigenvalue weighted by Gasteiger charge is 2.23. The molecule has 0 saturated carbocycles. The molecule has 2 aromatic heterocycles. The third-order valence-electron chi connectivity index (χ3n) is 7.52. The van der Waals surface area contributed by atoms with E-state index in [0.29, 0.717) is 12.8 Å². The molecule has 2 aromatic carbocycles. The summed E-state index contributed by atoms with van der Waals surface area (Å²) in [4.78, 5) is 54.5. The van der Waals surface area contributed by atoms with Gasteiger partial charge in [0.05, 0.1) is 0 Å². The molecule has 0 bridgehead atoms. The monoisotopic (exact) mass is 574 g/mol. The molecule has 0 spiro atoms. The number of aromatic nitrogens is 2. The maximum absolute atomic E-state index is 12.4. The van der Waals surface area contributed by atoms with E-state index in [1.165, 1.54) is 0 Å². The van der Waals surface area contributed by atoms with Crippen molar-refractivity contribution in [3.8, 4) is 0 Å². The molecule has 2 unspecified atom stereocenters. The molecule has 10 heteroatoms. The van der Waals surface area contributed by atoms with Gasteiger partial charge in [0.2, 0.25) is 11.8 Å². The molecule has 0 saturated heterocycles. The van der Waals surface area contributed by atoms with Crippen molar-refractivity contribution in [1.82, 2.24) is 20.6 Å². The van der Waals surface area contributed by atoms with E-state index in [2.05, 4.69) is 20.6 Å². The normalized spacial score (nSPS) is 12.7. The minimum absolute atomic E-state index is 0.203. The number of H-pyrrole nitrogens is 2. The smallest absolute Gasteiger partial charge is 0.326 e. The van der Waals surface area contributed by atoms with Gasteiger partial charge in [-0.2, -0.15) is 0 Å². The second kappa shape index (κ2) is 14.9.